The predicted molar refractivity (Wildman–Crippen MR) is 114 cm³/mol. The molecule has 3 rings (SSSR count). The maximum absolute atomic E-state index is 9.65. The molecule has 1 atom stereocenters. The molecule has 3 aromatic rings. The van der Waals surface area contributed by atoms with E-state index in [-0.39, 0.29) is 18.6 Å². The van der Waals surface area contributed by atoms with Crippen LogP contribution in [0, 0.1) is 12.8 Å². The smallest absolute Gasteiger partial charge is 0.225 e. The van der Waals surface area contributed by atoms with Crippen molar-refractivity contribution in [2.45, 2.75) is 26.8 Å². The first kappa shape index (κ1) is 20.0. The van der Waals surface area contributed by atoms with Crippen LogP contribution in [0.1, 0.15) is 19.4 Å². The summed E-state index contributed by atoms with van der Waals surface area (Å²) in [5, 5.41) is 16.9. The molecule has 0 aliphatic carbocycles. The van der Waals surface area contributed by atoms with E-state index in [1.54, 1.807) is 12.4 Å². The molecule has 0 saturated carbocycles. The van der Waals surface area contributed by atoms with Gasteiger partial charge in [-0.1, -0.05) is 31.5 Å². The minimum absolute atomic E-state index is 0.00313. The van der Waals surface area contributed by atoms with Gasteiger partial charge in [-0.3, -0.25) is 4.98 Å². The number of aryl methyl sites for hydroxylation is 1. The molecule has 0 aliphatic heterocycles. The molecule has 0 amide bonds. The van der Waals surface area contributed by atoms with E-state index < -0.39 is 0 Å². The SMILES string of the molecule is Cc1ccc(Nc2cc(-c3ccncc3)nc(N[C@H](CO)C(C)C)n2)cc1Cl. The number of nitrogens with one attached hydrogen (secondary N) is 2. The van der Waals surface area contributed by atoms with Gasteiger partial charge in [0.15, 0.2) is 0 Å². The van der Waals surface area contributed by atoms with Crippen LogP contribution >= 0.6 is 11.6 Å². The summed E-state index contributed by atoms with van der Waals surface area (Å²) in [5.74, 6) is 1.30. The predicted octanol–water partition coefficient (Wildman–Crippen LogP) is 4.67. The second-order valence-corrected chi connectivity index (χ2v) is 7.37. The zero-order valence-electron chi connectivity index (χ0n) is 16.1. The number of aromatic nitrogens is 3. The third-order valence-corrected chi connectivity index (χ3v) is 4.87. The Hall–Kier alpha value is -2.70. The first-order chi connectivity index (χ1) is 13.5. The Bertz CT molecular complexity index is 933. The normalized spacial score (nSPS) is 12.1. The minimum atomic E-state index is -0.144. The van der Waals surface area contributed by atoms with E-state index in [1.165, 1.54) is 0 Å². The van der Waals surface area contributed by atoms with Crippen molar-refractivity contribution in [3.8, 4) is 11.3 Å². The molecule has 0 radical (unpaired) electrons. The Morgan fingerprint density at radius 3 is 2.46 bits per heavy atom. The molecule has 6 nitrogen and oxygen atoms in total. The van der Waals surface area contributed by atoms with Crippen LogP contribution in [-0.2, 0) is 0 Å². The van der Waals surface area contributed by atoms with Crippen molar-refractivity contribution in [1.29, 1.82) is 0 Å². The summed E-state index contributed by atoms with van der Waals surface area (Å²) in [7, 11) is 0. The number of aliphatic hydroxyl groups is 1. The quantitative estimate of drug-likeness (QED) is 0.537. The van der Waals surface area contributed by atoms with Crippen LogP contribution in [-0.4, -0.2) is 32.7 Å². The van der Waals surface area contributed by atoms with Gasteiger partial charge in [0.1, 0.15) is 5.82 Å². The lowest BCUT2D eigenvalue weighted by Gasteiger charge is -2.20. The van der Waals surface area contributed by atoms with Crippen molar-refractivity contribution in [1.82, 2.24) is 15.0 Å². The lowest BCUT2D eigenvalue weighted by Crippen LogP contribution is -2.30. The molecular weight excluding hydrogens is 374 g/mol. The third-order valence-electron chi connectivity index (χ3n) is 4.46. The molecule has 7 heteroatoms. The van der Waals surface area contributed by atoms with Crippen molar-refractivity contribution in [3.05, 3.63) is 59.4 Å². The topological polar surface area (TPSA) is 83.0 Å². The summed E-state index contributed by atoms with van der Waals surface area (Å²) in [6.45, 7) is 6.03. The summed E-state index contributed by atoms with van der Waals surface area (Å²) < 4.78 is 0. The largest absolute Gasteiger partial charge is 0.394 e. The molecule has 0 aliphatic rings. The van der Waals surface area contributed by atoms with Crippen LogP contribution in [0.5, 0.6) is 0 Å². The first-order valence-electron chi connectivity index (χ1n) is 9.16. The van der Waals surface area contributed by atoms with Crippen molar-refractivity contribution in [3.63, 3.8) is 0 Å². The molecule has 0 unspecified atom stereocenters. The van der Waals surface area contributed by atoms with Gasteiger partial charge in [-0.15, -0.1) is 0 Å². The highest BCUT2D eigenvalue weighted by molar-refractivity contribution is 6.31. The lowest BCUT2D eigenvalue weighted by atomic mass is 10.1. The van der Waals surface area contributed by atoms with E-state index in [4.69, 9.17) is 11.6 Å². The fourth-order valence-electron chi connectivity index (χ4n) is 2.65. The second kappa shape index (κ2) is 8.99. The molecule has 0 spiro atoms. The number of halogens is 1. The fraction of sp³-hybridized carbons (Fsp3) is 0.286. The molecule has 28 heavy (non-hydrogen) atoms. The van der Waals surface area contributed by atoms with Crippen molar-refractivity contribution < 1.29 is 5.11 Å². The molecule has 0 bridgehead atoms. The summed E-state index contributed by atoms with van der Waals surface area (Å²) in [5.41, 5.74) is 3.53. The van der Waals surface area contributed by atoms with E-state index in [1.807, 2.05) is 57.2 Å². The number of nitrogens with zero attached hydrogens (tertiary/aromatic N) is 3. The zero-order chi connectivity index (χ0) is 20.1. The number of hydrogen-bond donors (Lipinski definition) is 3. The van der Waals surface area contributed by atoms with Gasteiger partial charge in [0.05, 0.1) is 18.3 Å². The minimum Gasteiger partial charge on any atom is -0.394 e. The molecule has 2 heterocycles. The molecule has 0 saturated heterocycles. The maximum Gasteiger partial charge on any atom is 0.225 e. The lowest BCUT2D eigenvalue weighted by molar-refractivity contribution is 0.248. The molecule has 146 valence electrons. The van der Waals surface area contributed by atoms with Crippen LogP contribution < -0.4 is 10.6 Å². The number of aliphatic hydroxyl groups excluding tert-OH is 1. The number of pyridine rings is 1. The molecule has 2 aromatic heterocycles. The van der Waals surface area contributed by atoms with Crippen LogP contribution in [0.15, 0.2) is 48.8 Å². The van der Waals surface area contributed by atoms with Gasteiger partial charge < -0.3 is 15.7 Å². The van der Waals surface area contributed by atoms with E-state index in [0.29, 0.717) is 16.8 Å². The highest BCUT2D eigenvalue weighted by Gasteiger charge is 2.15. The van der Waals surface area contributed by atoms with E-state index in [9.17, 15) is 5.11 Å². The van der Waals surface area contributed by atoms with E-state index in [0.717, 1.165) is 22.5 Å². The number of anilines is 3. The Morgan fingerprint density at radius 1 is 1.07 bits per heavy atom. The van der Waals surface area contributed by atoms with Crippen LogP contribution in [0.25, 0.3) is 11.3 Å². The molecule has 3 N–H and O–H groups in total. The van der Waals surface area contributed by atoms with Gasteiger partial charge in [0, 0.05) is 34.7 Å². The zero-order valence-corrected chi connectivity index (χ0v) is 16.9. The van der Waals surface area contributed by atoms with Crippen molar-refractivity contribution >= 4 is 29.1 Å². The average molecular weight is 398 g/mol. The maximum atomic E-state index is 9.65. The van der Waals surface area contributed by atoms with Crippen LogP contribution in [0.3, 0.4) is 0 Å². The Kier molecular flexibility index (Phi) is 6.44. The van der Waals surface area contributed by atoms with Gasteiger partial charge in [-0.25, -0.2) is 4.98 Å². The number of benzene rings is 1. The van der Waals surface area contributed by atoms with Gasteiger partial charge in [-0.05, 0) is 42.7 Å². The number of hydrogen-bond acceptors (Lipinski definition) is 6. The van der Waals surface area contributed by atoms with E-state index >= 15 is 0 Å². The Morgan fingerprint density at radius 2 is 1.82 bits per heavy atom. The van der Waals surface area contributed by atoms with Gasteiger partial charge >= 0.3 is 0 Å². The monoisotopic (exact) mass is 397 g/mol. The Balaban J connectivity index is 1.97. The fourth-order valence-corrected chi connectivity index (χ4v) is 2.83. The Labute approximate surface area is 170 Å². The molecular formula is C21H24ClN5O. The summed E-state index contributed by atoms with van der Waals surface area (Å²) >= 11 is 6.24. The first-order valence-corrected chi connectivity index (χ1v) is 9.54. The van der Waals surface area contributed by atoms with Gasteiger partial charge in [-0.2, -0.15) is 4.98 Å². The van der Waals surface area contributed by atoms with Crippen molar-refractivity contribution in [2.24, 2.45) is 5.92 Å². The summed E-state index contributed by atoms with van der Waals surface area (Å²) in [4.78, 5) is 13.3. The van der Waals surface area contributed by atoms with Crippen LogP contribution in [0.2, 0.25) is 5.02 Å². The number of rotatable bonds is 7. The van der Waals surface area contributed by atoms with Crippen molar-refractivity contribution in [2.75, 3.05) is 17.2 Å². The second-order valence-electron chi connectivity index (χ2n) is 6.96. The standard InChI is InChI=1S/C21H24ClN5O/c1-13(2)19(12-28)26-21-25-18(15-6-8-23-9-7-15)11-20(27-21)24-16-5-4-14(3)17(22)10-16/h4-11,13,19,28H,12H2,1-3H3,(H2,24,25,26,27)/t19-/m1/s1. The summed E-state index contributed by atoms with van der Waals surface area (Å²) in [6, 6.07) is 11.3. The van der Waals surface area contributed by atoms with Gasteiger partial charge in [0.25, 0.3) is 0 Å². The average Bonchev–Trinajstić information content (AvgIpc) is 2.69. The molecule has 0 fully saturated rings. The van der Waals surface area contributed by atoms with Crippen LogP contribution in [0.4, 0.5) is 17.5 Å². The summed E-state index contributed by atoms with van der Waals surface area (Å²) in [6.07, 6.45) is 3.45. The van der Waals surface area contributed by atoms with Gasteiger partial charge in [0.2, 0.25) is 5.95 Å². The highest BCUT2D eigenvalue weighted by atomic mass is 35.5. The highest BCUT2D eigenvalue weighted by Crippen LogP contribution is 2.26. The van der Waals surface area contributed by atoms with E-state index in [2.05, 4.69) is 25.6 Å². The molecule has 1 aromatic carbocycles. The third kappa shape index (κ3) is 4.97.